The van der Waals surface area contributed by atoms with E-state index in [-0.39, 0.29) is 5.92 Å². The first-order valence-corrected chi connectivity index (χ1v) is 5.33. The number of hydrogen-bond acceptors (Lipinski definition) is 2. The summed E-state index contributed by atoms with van der Waals surface area (Å²) in [5.74, 6) is 1.48. The lowest BCUT2D eigenvalue weighted by atomic mass is 10.0. The van der Waals surface area contributed by atoms with Gasteiger partial charge in [-0.25, -0.2) is 0 Å². The first-order valence-electron chi connectivity index (χ1n) is 5.33. The minimum absolute atomic E-state index is 0.289. The van der Waals surface area contributed by atoms with Gasteiger partial charge in [0, 0.05) is 11.5 Å². The maximum Gasteiger partial charge on any atom is 0.165 e. The van der Waals surface area contributed by atoms with Gasteiger partial charge in [0.25, 0.3) is 0 Å². The molecule has 0 atom stereocenters. The fourth-order valence-corrected chi connectivity index (χ4v) is 2.00. The van der Waals surface area contributed by atoms with Crippen molar-refractivity contribution in [3.05, 3.63) is 28.8 Å². The van der Waals surface area contributed by atoms with Crippen molar-refractivity contribution in [1.29, 1.82) is 0 Å². The van der Waals surface area contributed by atoms with Gasteiger partial charge in [-0.15, -0.1) is 0 Å². The highest BCUT2D eigenvalue weighted by Crippen LogP contribution is 2.34. The number of hydrogen-bond donors (Lipinski definition) is 0. The van der Waals surface area contributed by atoms with E-state index in [9.17, 15) is 4.79 Å². The van der Waals surface area contributed by atoms with E-state index in [1.807, 2.05) is 26.0 Å². The fraction of sp³-hybridized carbons (Fsp3) is 0.462. The van der Waals surface area contributed by atoms with Crippen molar-refractivity contribution in [2.75, 3.05) is 7.11 Å². The minimum atomic E-state index is 0.289. The Kier molecular flexibility index (Phi) is 2.51. The highest BCUT2D eigenvalue weighted by molar-refractivity contribution is 5.99. The summed E-state index contributed by atoms with van der Waals surface area (Å²) in [6.07, 6.45) is 2.12. The van der Waals surface area contributed by atoms with Crippen LogP contribution < -0.4 is 4.74 Å². The van der Waals surface area contributed by atoms with Crippen molar-refractivity contribution < 1.29 is 9.53 Å². The predicted octanol–water partition coefficient (Wildman–Crippen LogP) is 2.90. The first-order chi connectivity index (χ1) is 7.13. The van der Waals surface area contributed by atoms with E-state index in [0.29, 0.717) is 5.78 Å². The summed E-state index contributed by atoms with van der Waals surface area (Å²) in [5, 5.41) is 0. The van der Waals surface area contributed by atoms with Crippen molar-refractivity contribution >= 4 is 5.78 Å². The van der Waals surface area contributed by atoms with Crippen LogP contribution in [-0.4, -0.2) is 12.9 Å². The highest BCUT2D eigenvalue weighted by Gasteiger charge is 2.30. The average Bonchev–Trinajstić information content (AvgIpc) is 2.99. The Balaban J connectivity index is 2.37. The van der Waals surface area contributed by atoms with Gasteiger partial charge in [0.1, 0.15) is 5.75 Å². The Morgan fingerprint density at radius 2 is 1.80 bits per heavy atom. The molecule has 0 radical (unpaired) electrons. The highest BCUT2D eigenvalue weighted by atomic mass is 16.5. The lowest BCUT2D eigenvalue weighted by molar-refractivity contribution is 0.0967. The van der Waals surface area contributed by atoms with Crippen LogP contribution in [0.2, 0.25) is 0 Å². The molecule has 0 spiro atoms. The number of aryl methyl sites for hydroxylation is 2. The van der Waals surface area contributed by atoms with Crippen LogP contribution in [0.15, 0.2) is 12.1 Å². The summed E-state index contributed by atoms with van der Waals surface area (Å²) in [6.45, 7) is 3.96. The standard InChI is InChI=1S/C13H16O2/c1-8-6-11(12(14)10-4-5-10)7-9(2)13(8)15-3/h6-7,10H,4-5H2,1-3H3. The third-order valence-electron chi connectivity index (χ3n) is 2.90. The topological polar surface area (TPSA) is 26.3 Å². The van der Waals surface area contributed by atoms with E-state index >= 15 is 0 Å². The molecule has 1 aliphatic carbocycles. The monoisotopic (exact) mass is 204 g/mol. The van der Waals surface area contributed by atoms with Crippen LogP contribution >= 0.6 is 0 Å². The second kappa shape index (κ2) is 3.69. The molecule has 0 heterocycles. The number of rotatable bonds is 3. The molecule has 0 aromatic heterocycles. The molecule has 0 aliphatic heterocycles. The zero-order valence-corrected chi connectivity index (χ0v) is 9.46. The smallest absolute Gasteiger partial charge is 0.165 e. The lowest BCUT2D eigenvalue weighted by Crippen LogP contribution is -2.03. The Hall–Kier alpha value is -1.31. The molecule has 0 unspecified atom stereocenters. The van der Waals surface area contributed by atoms with E-state index in [2.05, 4.69) is 0 Å². The van der Waals surface area contributed by atoms with Crippen molar-refractivity contribution in [3.63, 3.8) is 0 Å². The molecule has 0 bridgehead atoms. The number of Topliss-reactive ketones (excluding diaryl/α,β-unsaturated/α-hetero) is 1. The zero-order valence-electron chi connectivity index (χ0n) is 9.46. The summed E-state index contributed by atoms with van der Waals surface area (Å²) in [6, 6.07) is 3.87. The molecular formula is C13H16O2. The van der Waals surface area contributed by atoms with Gasteiger partial charge in [0.2, 0.25) is 0 Å². The van der Waals surface area contributed by atoms with Gasteiger partial charge in [-0.1, -0.05) is 0 Å². The van der Waals surface area contributed by atoms with Crippen molar-refractivity contribution in [3.8, 4) is 5.75 Å². The summed E-state index contributed by atoms with van der Waals surface area (Å²) in [4.78, 5) is 11.9. The van der Waals surface area contributed by atoms with Crippen molar-refractivity contribution in [2.24, 2.45) is 5.92 Å². The van der Waals surface area contributed by atoms with E-state index < -0.39 is 0 Å². The van der Waals surface area contributed by atoms with Crippen molar-refractivity contribution in [1.82, 2.24) is 0 Å². The van der Waals surface area contributed by atoms with Crippen LogP contribution in [-0.2, 0) is 0 Å². The molecule has 0 N–H and O–H groups in total. The van der Waals surface area contributed by atoms with E-state index in [1.54, 1.807) is 7.11 Å². The summed E-state index contributed by atoms with van der Waals surface area (Å²) >= 11 is 0. The van der Waals surface area contributed by atoms with Gasteiger partial charge in [-0.3, -0.25) is 4.79 Å². The predicted molar refractivity (Wildman–Crippen MR) is 59.5 cm³/mol. The summed E-state index contributed by atoms with van der Waals surface area (Å²) in [7, 11) is 1.66. The summed E-state index contributed by atoms with van der Waals surface area (Å²) < 4.78 is 5.28. The van der Waals surface area contributed by atoms with Gasteiger partial charge in [-0.2, -0.15) is 0 Å². The number of carbonyl (C=O) groups is 1. The van der Waals surface area contributed by atoms with Crippen LogP contribution in [0.5, 0.6) is 5.75 Å². The molecular weight excluding hydrogens is 188 g/mol. The number of ketones is 1. The van der Waals surface area contributed by atoms with Crippen LogP contribution in [0.3, 0.4) is 0 Å². The average molecular weight is 204 g/mol. The largest absolute Gasteiger partial charge is 0.496 e. The van der Waals surface area contributed by atoms with Crippen LogP contribution in [0.25, 0.3) is 0 Å². The van der Waals surface area contributed by atoms with E-state index in [0.717, 1.165) is 35.3 Å². The first kappa shape index (κ1) is 10.2. The molecule has 2 nitrogen and oxygen atoms in total. The van der Waals surface area contributed by atoms with Gasteiger partial charge < -0.3 is 4.74 Å². The molecule has 0 saturated heterocycles. The number of ether oxygens (including phenoxy) is 1. The summed E-state index contributed by atoms with van der Waals surface area (Å²) in [5.41, 5.74) is 2.93. The maximum atomic E-state index is 11.9. The third-order valence-corrected chi connectivity index (χ3v) is 2.90. The Bertz CT molecular complexity index is 380. The molecule has 1 aliphatic rings. The third kappa shape index (κ3) is 1.89. The van der Waals surface area contributed by atoms with Crippen LogP contribution in [0, 0.1) is 19.8 Å². The Labute approximate surface area is 90.3 Å². The van der Waals surface area contributed by atoms with Crippen LogP contribution in [0.1, 0.15) is 34.3 Å². The van der Waals surface area contributed by atoms with Crippen LogP contribution in [0.4, 0.5) is 0 Å². The fourth-order valence-electron chi connectivity index (χ4n) is 2.00. The number of methoxy groups -OCH3 is 1. The molecule has 1 aromatic carbocycles. The van der Waals surface area contributed by atoms with Gasteiger partial charge in [-0.05, 0) is 49.9 Å². The second-order valence-corrected chi connectivity index (χ2v) is 4.28. The quantitative estimate of drug-likeness (QED) is 0.708. The Morgan fingerprint density at radius 1 is 1.27 bits per heavy atom. The van der Waals surface area contributed by atoms with Gasteiger partial charge in [0.05, 0.1) is 7.11 Å². The number of carbonyl (C=O) groups excluding carboxylic acids is 1. The van der Waals surface area contributed by atoms with E-state index in [4.69, 9.17) is 4.74 Å². The Morgan fingerprint density at radius 3 is 2.20 bits per heavy atom. The molecule has 1 fully saturated rings. The number of benzene rings is 1. The maximum absolute atomic E-state index is 11.9. The molecule has 0 amide bonds. The lowest BCUT2D eigenvalue weighted by Gasteiger charge is -2.10. The normalized spacial score (nSPS) is 15.1. The molecule has 2 heteroatoms. The molecule has 1 saturated carbocycles. The SMILES string of the molecule is COc1c(C)cc(C(=O)C2CC2)cc1C. The molecule has 1 aromatic rings. The molecule has 2 rings (SSSR count). The zero-order chi connectivity index (χ0) is 11.0. The second-order valence-electron chi connectivity index (χ2n) is 4.28. The molecule has 15 heavy (non-hydrogen) atoms. The van der Waals surface area contributed by atoms with Gasteiger partial charge in [0.15, 0.2) is 5.78 Å². The van der Waals surface area contributed by atoms with Gasteiger partial charge >= 0.3 is 0 Å². The van der Waals surface area contributed by atoms with E-state index in [1.165, 1.54) is 0 Å². The minimum Gasteiger partial charge on any atom is -0.496 e. The molecule has 80 valence electrons. The van der Waals surface area contributed by atoms with Crippen molar-refractivity contribution in [2.45, 2.75) is 26.7 Å².